The number of aliphatic hydroxyl groups is 4. The SMILES string of the molecule is Cc1c(-c2cccc(S(C)=O)c2)cccc1[C@H]1OC(CO)[C@@H](O)C(O)C1O. The van der Waals surface area contributed by atoms with Crippen molar-refractivity contribution in [3.05, 3.63) is 53.6 Å². The Morgan fingerprint density at radius 1 is 1.04 bits per heavy atom. The van der Waals surface area contributed by atoms with Crippen molar-refractivity contribution < 1.29 is 29.4 Å². The summed E-state index contributed by atoms with van der Waals surface area (Å²) in [5.74, 6) is 0. The van der Waals surface area contributed by atoms with Gasteiger partial charge in [-0.3, -0.25) is 4.21 Å². The van der Waals surface area contributed by atoms with Gasteiger partial charge < -0.3 is 25.2 Å². The van der Waals surface area contributed by atoms with Crippen molar-refractivity contribution in [1.82, 2.24) is 0 Å². The number of ether oxygens (including phenoxy) is 1. The average molecular weight is 392 g/mol. The molecule has 146 valence electrons. The van der Waals surface area contributed by atoms with Crippen molar-refractivity contribution in [3.8, 4) is 11.1 Å². The van der Waals surface area contributed by atoms with Gasteiger partial charge in [-0.15, -0.1) is 0 Å². The molecule has 7 heteroatoms. The number of hydrogen-bond acceptors (Lipinski definition) is 6. The number of hydrogen-bond donors (Lipinski definition) is 4. The molecule has 1 fully saturated rings. The molecule has 1 saturated heterocycles. The molecule has 4 N–H and O–H groups in total. The summed E-state index contributed by atoms with van der Waals surface area (Å²) in [5, 5.41) is 39.9. The summed E-state index contributed by atoms with van der Waals surface area (Å²) in [6.07, 6.45) is -4.36. The quantitative estimate of drug-likeness (QED) is 0.616. The van der Waals surface area contributed by atoms with Crippen LogP contribution in [0.15, 0.2) is 47.4 Å². The van der Waals surface area contributed by atoms with Crippen molar-refractivity contribution in [2.75, 3.05) is 12.9 Å². The van der Waals surface area contributed by atoms with Crippen LogP contribution in [0.5, 0.6) is 0 Å². The van der Waals surface area contributed by atoms with Gasteiger partial charge in [0.2, 0.25) is 0 Å². The predicted octanol–water partition coefficient (Wildman–Crippen LogP) is 0.914. The Balaban J connectivity index is 2.02. The minimum atomic E-state index is -1.42. The fraction of sp³-hybridized carbons (Fsp3) is 0.400. The molecule has 6 atom stereocenters. The molecule has 6 nitrogen and oxygen atoms in total. The summed E-state index contributed by atoms with van der Waals surface area (Å²) in [5.41, 5.74) is 3.26. The van der Waals surface area contributed by atoms with Crippen molar-refractivity contribution in [2.24, 2.45) is 0 Å². The highest BCUT2D eigenvalue weighted by molar-refractivity contribution is 7.84. The van der Waals surface area contributed by atoms with E-state index in [4.69, 9.17) is 4.74 Å². The summed E-state index contributed by atoms with van der Waals surface area (Å²) in [6.45, 7) is 1.41. The van der Waals surface area contributed by atoms with E-state index < -0.39 is 47.9 Å². The summed E-state index contributed by atoms with van der Waals surface area (Å²) in [7, 11) is -1.10. The largest absolute Gasteiger partial charge is 0.394 e. The van der Waals surface area contributed by atoms with E-state index in [0.717, 1.165) is 16.7 Å². The summed E-state index contributed by atoms with van der Waals surface area (Å²) < 4.78 is 17.5. The molecule has 2 aromatic rings. The Morgan fingerprint density at radius 2 is 1.74 bits per heavy atom. The zero-order valence-electron chi connectivity index (χ0n) is 15.1. The molecule has 0 aliphatic carbocycles. The summed E-state index contributed by atoms with van der Waals surface area (Å²) in [6, 6.07) is 12.9. The van der Waals surface area contributed by atoms with Gasteiger partial charge in [0.05, 0.1) is 6.61 Å². The lowest BCUT2D eigenvalue weighted by Gasteiger charge is -2.40. The Hall–Kier alpha value is -1.61. The van der Waals surface area contributed by atoms with Gasteiger partial charge in [-0.05, 0) is 41.3 Å². The highest BCUT2D eigenvalue weighted by Gasteiger charge is 2.44. The molecule has 0 bridgehead atoms. The van der Waals surface area contributed by atoms with Crippen molar-refractivity contribution >= 4 is 10.8 Å². The first kappa shape index (κ1) is 20.1. The summed E-state index contributed by atoms with van der Waals surface area (Å²) >= 11 is 0. The van der Waals surface area contributed by atoms with Crippen LogP contribution in [-0.4, -0.2) is 61.9 Å². The minimum absolute atomic E-state index is 0.468. The van der Waals surface area contributed by atoms with Crippen LogP contribution in [-0.2, 0) is 15.5 Å². The standard InChI is InChI=1S/C20H24O6S/c1-11-14(12-5-3-6-13(9-12)27(2)25)7-4-8-15(11)20-19(24)18(23)17(22)16(10-21)26-20/h3-9,16-24H,10H2,1-2H3/t16?,17-,18?,19?,20-,27?/m1/s1. The van der Waals surface area contributed by atoms with Crippen LogP contribution >= 0.6 is 0 Å². The molecular weight excluding hydrogens is 368 g/mol. The predicted molar refractivity (Wildman–Crippen MR) is 102 cm³/mol. The van der Waals surface area contributed by atoms with Crippen LogP contribution in [0.25, 0.3) is 11.1 Å². The zero-order valence-corrected chi connectivity index (χ0v) is 16.0. The second-order valence-electron chi connectivity index (χ2n) is 6.75. The van der Waals surface area contributed by atoms with Crippen LogP contribution in [0.4, 0.5) is 0 Å². The number of rotatable bonds is 4. The van der Waals surface area contributed by atoms with E-state index in [-0.39, 0.29) is 0 Å². The first-order valence-electron chi connectivity index (χ1n) is 8.69. The molecular formula is C20H24O6S. The minimum Gasteiger partial charge on any atom is -0.394 e. The lowest BCUT2D eigenvalue weighted by Crippen LogP contribution is -2.55. The van der Waals surface area contributed by atoms with E-state index >= 15 is 0 Å². The Bertz CT molecular complexity index is 837. The molecule has 0 amide bonds. The molecule has 0 radical (unpaired) electrons. The van der Waals surface area contributed by atoms with Crippen LogP contribution in [0.3, 0.4) is 0 Å². The van der Waals surface area contributed by atoms with Crippen LogP contribution < -0.4 is 0 Å². The number of aliphatic hydroxyl groups excluding tert-OH is 4. The third-order valence-electron chi connectivity index (χ3n) is 5.05. The maximum absolute atomic E-state index is 11.8. The monoisotopic (exact) mass is 392 g/mol. The van der Waals surface area contributed by atoms with Gasteiger partial charge in [0.25, 0.3) is 0 Å². The van der Waals surface area contributed by atoms with Gasteiger partial charge in [-0.1, -0.05) is 30.3 Å². The molecule has 27 heavy (non-hydrogen) atoms. The van der Waals surface area contributed by atoms with Crippen LogP contribution in [0.2, 0.25) is 0 Å². The molecule has 3 rings (SSSR count). The maximum Gasteiger partial charge on any atom is 0.113 e. The van der Waals surface area contributed by atoms with E-state index in [9.17, 15) is 24.6 Å². The third-order valence-corrected chi connectivity index (χ3v) is 5.97. The van der Waals surface area contributed by atoms with Crippen LogP contribution in [0, 0.1) is 6.92 Å². The van der Waals surface area contributed by atoms with Crippen molar-refractivity contribution in [1.29, 1.82) is 0 Å². The van der Waals surface area contributed by atoms with Gasteiger partial charge in [0.15, 0.2) is 0 Å². The molecule has 4 unspecified atom stereocenters. The first-order chi connectivity index (χ1) is 12.8. The van der Waals surface area contributed by atoms with Crippen LogP contribution in [0.1, 0.15) is 17.2 Å². The van der Waals surface area contributed by atoms with E-state index in [1.807, 2.05) is 37.3 Å². The second kappa shape index (κ2) is 8.18. The highest BCUT2D eigenvalue weighted by atomic mass is 32.2. The summed E-state index contributed by atoms with van der Waals surface area (Å²) in [4.78, 5) is 0.713. The second-order valence-corrected chi connectivity index (χ2v) is 8.13. The lowest BCUT2D eigenvalue weighted by atomic mass is 9.87. The fourth-order valence-corrected chi connectivity index (χ4v) is 4.04. The first-order valence-corrected chi connectivity index (χ1v) is 10.2. The van der Waals surface area contributed by atoms with Gasteiger partial charge in [-0.25, -0.2) is 0 Å². The molecule has 1 aliphatic rings. The van der Waals surface area contributed by atoms with Gasteiger partial charge in [0.1, 0.15) is 30.5 Å². The third kappa shape index (κ3) is 3.85. The van der Waals surface area contributed by atoms with Gasteiger partial charge in [0, 0.05) is 22.0 Å². The fourth-order valence-electron chi connectivity index (χ4n) is 3.48. The topological polar surface area (TPSA) is 107 Å². The zero-order chi connectivity index (χ0) is 19.7. The van der Waals surface area contributed by atoms with Crippen molar-refractivity contribution in [3.63, 3.8) is 0 Å². The normalized spacial score (nSPS) is 29.5. The average Bonchev–Trinajstić information content (AvgIpc) is 2.67. The molecule has 0 saturated carbocycles. The Morgan fingerprint density at radius 3 is 2.41 bits per heavy atom. The van der Waals surface area contributed by atoms with Gasteiger partial charge >= 0.3 is 0 Å². The van der Waals surface area contributed by atoms with Crippen molar-refractivity contribution in [2.45, 2.75) is 42.3 Å². The molecule has 2 aromatic carbocycles. The molecule has 0 spiro atoms. The van der Waals surface area contributed by atoms with E-state index in [1.165, 1.54) is 0 Å². The van der Waals surface area contributed by atoms with E-state index in [2.05, 4.69) is 0 Å². The Kier molecular flexibility index (Phi) is 6.10. The van der Waals surface area contributed by atoms with Gasteiger partial charge in [-0.2, -0.15) is 0 Å². The highest BCUT2D eigenvalue weighted by Crippen LogP contribution is 2.37. The molecule has 1 heterocycles. The van der Waals surface area contributed by atoms with E-state index in [1.54, 1.807) is 18.4 Å². The maximum atomic E-state index is 11.8. The Labute approximate surface area is 160 Å². The van der Waals surface area contributed by atoms with E-state index in [0.29, 0.717) is 10.5 Å². The smallest absolute Gasteiger partial charge is 0.113 e. The molecule has 0 aromatic heterocycles. The number of benzene rings is 2. The lowest BCUT2D eigenvalue weighted by molar-refractivity contribution is -0.231. The molecule has 1 aliphatic heterocycles.